The molecule has 0 aliphatic heterocycles. The summed E-state index contributed by atoms with van der Waals surface area (Å²) in [5.41, 5.74) is 0.593. The van der Waals surface area contributed by atoms with E-state index in [0.717, 1.165) is 12.1 Å². The first-order valence-corrected chi connectivity index (χ1v) is 7.00. The predicted molar refractivity (Wildman–Crippen MR) is 74.7 cm³/mol. The average Bonchev–Trinajstić information content (AvgIpc) is 3.17. The Hall–Kier alpha value is -2.70. The van der Waals surface area contributed by atoms with E-state index in [9.17, 15) is 18.4 Å². The van der Waals surface area contributed by atoms with Crippen molar-refractivity contribution in [2.24, 2.45) is 5.92 Å². The van der Waals surface area contributed by atoms with Gasteiger partial charge < -0.3 is 14.8 Å². The van der Waals surface area contributed by atoms with Crippen molar-refractivity contribution in [3.05, 3.63) is 59.1 Å². The van der Waals surface area contributed by atoms with Crippen LogP contribution >= 0.6 is 0 Å². The Labute approximate surface area is 129 Å². The zero-order valence-electron chi connectivity index (χ0n) is 11.9. The molecule has 1 aromatic heterocycles. The summed E-state index contributed by atoms with van der Waals surface area (Å²) in [6, 6.07) is 6.42. The van der Waals surface area contributed by atoms with Crippen LogP contribution in [0.4, 0.5) is 8.78 Å². The number of halogens is 2. The number of aromatic carboxylic acids is 1. The molecular formula is C16H13F2NO4. The summed E-state index contributed by atoms with van der Waals surface area (Å²) in [5, 5.41) is 11.4. The number of benzene rings is 1. The van der Waals surface area contributed by atoms with E-state index in [-0.39, 0.29) is 30.0 Å². The third kappa shape index (κ3) is 3.23. The van der Waals surface area contributed by atoms with Gasteiger partial charge in [-0.05, 0) is 42.2 Å². The minimum Gasteiger partial charge on any atom is -0.475 e. The van der Waals surface area contributed by atoms with Crippen molar-refractivity contribution < 1.29 is 27.9 Å². The van der Waals surface area contributed by atoms with E-state index in [1.54, 1.807) is 0 Å². The summed E-state index contributed by atoms with van der Waals surface area (Å²) in [5.74, 6) is -3.53. The summed E-state index contributed by atoms with van der Waals surface area (Å²) in [6.07, 6.45) is 0.565. The molecule has 23 heavy (non-hydrogen) atoms. The summed E-state index contributed by atoms with van der Waals surface area (Å²) in [7, 11) is 0. The number of carbonyl (C=O) groups is 2. The van der Waals surface area contributed by atoms with Gasteiger partial charge in [0.1, 0.15) is 5.76 Å². The summed E-state index contributed by atoms with van der Waals surface area (Å²) < 4.78 is 31.1. The summed E-state index contributed by atoms with van der Waals surface area (Å²) >= 11 is 0. The van der Waals surface area contributed by atoms with Gasteiger partial charge in [0.25, 0.3) is 0 Å². The van der Waals surface area contributed by atoms with Gasteiger partial charge in [0, 0.05) is 5.92 Å². The van der Waals surface area contributed by atoms with E-state index in [4.69, 9.17) is 9.52 Å². The molecule has 0 spiro atoms. The van der Waals surface area contributed by atoms with E-state index >= 15 is 0 Å². The van der Waals surface area contributed by atoms with Gasteiger partial charge in [-0.25, -0.2) is 13.6 Å². The van der Waals surface area contributed by atoms with Crippen molar-refractivity contribution in [3.63, 3.8) is 0 Å². The second-order valence-electron chi connectivity index (χ2n) is 5.41. The lowest BCUT2D eigenvalue weighted by molar-refractivity contribution is -0.122. The van der Waals surface area contributed by atoms with Gasteiger partial charge in [-0.15, -0.1) is 0 Å². The largest absolute Gasteiger partial charge is 0.475 e. The third-order valence-corrected chi connectivity index (χ3v) is 3.81. The van der Waals surface area contributed by atoms with Crippen molar-refractivity contribution in [2.45, 2.75) is 18.9 Å². The molecule has 1 aromatic carbocycles. The van der Waals surface area contributed by atoms with Gasteiger partial charge in [-0.3, -0.25) is 4.79 Å². The minimum absolute atomic E-state index is 0.0765. The van der Waals surface area contributed by atoms with E-state index in [1.807, 2.05) is 0 Å². The maximum Gasteiger partial charge on any atom is 0.371 e. The summed E-state index contributed by atoms with van der Waals surface area (Å²) in [6.45, 7) is 0.0765. The maximum absolute atomic E-state index is 13.2. The van der Waals surface area contributed by atoms with Gasteiger partial charge >= 0.3 is 5.97 Å². The van der Waals surface area contributed by atoms with Crippen LogP contribution in [0.5, 0.6) is 0 Å². The van der Waals surface area contributed by atoms with Gasteiger partial charge in [-0.2, -0.15) is 0 Å². The molecule has 2 N–H and O–H groups in total. The van der Waals surface area contributed by atoms with Crippen molar-refractivity contribution in [1.29, 1.82) is 0 Å². The fourth-order valence-corrected chi connectivity index (χ4v) is 2.49. The molecule has 1 aliphatic carbocycles. The highest BCUT2D eigenvalue weighted by atomic mass is 19.2. The number of furan rings is 1. The maximum atomic E-state index is 13.2. The second kappa shape index (κ2) is 5.83. The zero-order chi connectivity index (χ0) is 16.6. The normalized spacial score (nSPS) is 19.4. The first-order valence-electron chi connectivity index (χ1n) is 7.00. The molecule has 0 saturated heterocycles. The number of rotatable bonds is 5. The molecule has 1 heterocycles. The Kier molecular flexibility index (Phi) is 3.85. The Morgan fingerprint density at radius 3 is 2.65 bits per heavy atom. The number of carboxylic acids is 1. The fraction of sp³-hybridized carbons (Fsp3) is 0.250. The predicted octanol–water partition coefficient (Wildman–Crippen LogP) is 2.68. The van der Waals surface area contributed by atoms with E-state index < -0.39 is 17.6 Å². The molecule has 2 aromatic rings. The van der Waals surface area contributed by atoms with Crippen LogP contribution in [-0.2, 0) is 11.3 Å². The van der Waals surface area contributed by atoms with Gasteiger partial charge in [0.2, 0.25) is 11.7 Å². The molecular weight excluding hydrogens is 308 g/mol. The zero-order valence-corrected chi connectivity index (χ0v) is 11.9. The lowest BCUT2D eigenvalue weighted by atomic mass is 10.1. The Morgan fingerprint density at radius 1 is 1.22 bits per heavy atom. The van der Waals surface area contributed by atoms with E-state index in [1.165, 1.54) is 18.2 Å². The quantitative estimate of drug-likeness (QED) is 0.887. The molecule has 0 bridgehead atoms. The second-order valence-corrected chi connectivity index (χ2v) is 5.41. The van der Waals surface area contributed by atoms with Crippen molar-refractivity contribution in [2.75, 3.05) is 0 Å². The number of hydrogen-bond donors (Lipinski definition) is 2. The van der Waals surface area contributed by atoms with Crippen molar-refractivity contribution in [1.82, 2.24) is 5.32 Å². The molecule has 0 unspecified atom stereocenters. The van der Waals surface area contributed by atoms with Crippen LogP contribution in [0.15, 0.2) is 34.7 Å². The average molecular weight is 321 g/mol. The van der Waals surface area contributed by atoms with Crippen molar-refractivity contribution in [3.8, 4) is 0 Å². The van der Waals surface area contributed by atoms with Crippen LogP contribution in [0.1, 0.15) is 34.2 Å². The molecule has 7 heteroatoms. The van der Waals surface area contributed by atoms with E-state index in [2.05, 4.69) is 5.32 Å². The third-order valence-electron chi connectivity index (χ3n) is 3.81. The lowest BCUT2D eigenvalue weighted by Crippen LogP contribution is -2.24. The van der Waals surface area contributed by atoms with Crippen LogP contribution in [0.3, 0.4) is 0 Å². The number of amides is 1. The van der Waals surface area contributed by atoms with Crippen LogP contribution in [0.2, 0.25) is 0 Å². The molecule has 1 fully saturated rings. The Balaban J connectivity index is 1.55. The van der Waals surface area contributed by atoms with Gasteiger partial charge in [0.15, 0.2) is 11.6 Å². The van der Waals surface area contributed by atoms with Crippen LogP contribution in [-0.4, -0.2) is 17.0 Å². The highest BCUT2D eigenvalue weighted by molar-refractivity contribution is 5.84. The SMILES string of the molecule is O=C(O)c1ccc(CNC(=O)[C@H]2C[C@@H]2c2ccc(F)c(F)c2)o1. The molecule has 1 saturated carbocycles. The van der Waals surface area contributed by atoms with E-state index in [0.29, 0.717) is 17.7 Å². The highest BCUT2D eigenvalue weighted by Crippen LogP contribution is 2.47. The highest BCUT2D eigenvalue weighted by Gasteiger charge is 2.44. The molecule has 2 atom stereocenters. The molecule has 1 amide bonds. The van der Waals surface area contributed by atoms with Gasteiger partial charge in [0.05, 0.1) is 6.54 Å². The number of carbonyl (C=O) groups excluding carboxylic acids is 1. The molecule has 3 rings (SSSR count). The number of nitrogens with one attached hydrogen (secondary N) is 1. The lowest BCUT2D eigenvalue weighted by Gasteiger charge is -2.04. The first kappa shape index (κ1) is 15.2. The molecule has 0 radical (unpaired) electrons. The van der Waals surface area contributed by atoms with Crippen LogP contribution in [0.25, 0.3) is 0 Å². The monoisotopic (exact) mass is 321 g/mol. The van der Waals surface area contributed by atoms with Crippen LogP contribution in [0, 0.1) is 17.6 Å². The topological polar surface area (TPSA) is 79.5 Å². The summed E-state index contributed by atoms with van der Waals surface area (Å²) in [4.78, 5) is 22.7. The molecule has 5 nitrogen and oxygen atoms in total. The smallest absolute Gasteiger partial charge is 0.371 e. The van der Waals surface area contributed by atoms with Gasteiger partial charge in [-0.1, -0.05) is 6.07 Å². The molecule has 120 valence electrons. The molecule has 1 aliphatic rings. The first-order chi connectivity index (χ1) is 11.0. The van der Waals surface area contributed by atoms with Crippen LogP contribution < -0.4 is 5.32 Å². The Bertz CT molecular complexity index is 771. The number of hydrogen-bond acceptors (Lipinski definition) is 3. The standard InChI is InChI=1S/C16H13F2NO4/c17-12-3-1-8(5-13(12)18)10-6-11(10)15(20)19-7-9-2-4-14(23-9)16(21)22/h1-5,10-11H,6-7H2,(H,19,20)(H,21,22)/t10-,11+/m1/s1. The van der Waals surface area contributed by atoms with Crippen molar-refractivity contribution >= 4 is 11.9 Å². The Morgan fingerprint density at radius 2 is 2.00 bits per heavy atom. The minimum atomic E-state index is -1.18. The fourth-order valence-electron chi connectivity index (χ4n) is 2.49. The number of carboxylic acid groups (broad SMARTS) is 1.